The van der Waals surface area contributed by atoms with Crippen LogP contribution in [0.4, 0.5) is 4.79 Å². The van der Waals surface area contributed by atoms with Crippen molar-refractivity contribution in [1.29, 1.82) is 0 Å². The molecular weight excluding hydrogens is 222 g/mol. The number of hydrogen-bond acceptors (Lipinski definition) is 4. The largest absolute Gasteiger partial charge is 0.507 e. The van der Waals surface area contributed by atoms with Crippen LogP contribution < -0.4 is 15.9 Å². The number of amides is 2. The van der Waals surface area contributed by atoms with Gasteiger partial charge < -0.3 is 15.6 Å². The fourth-order valence-corrected chi connectivity index (χ4v) is 1.14. The first-order valence-electron chi connectivity index (χ1n) is 5.07. The second-order valence-corrected chi connectivity index (χ2v) is 3.62. The minimum Gasteiger partial charge on any atom is -0.507 e. The highest BCUT2D eigenvalue weighted by atomic mass is 16.5. The van der Waals surface area contributed by atoms with Crippen LogP contribution in [0.15, 0.2) is 23.3 Å². The van der Waals surface area contributed by atoms with Crippen molar-refractivity contribution in [3.8, 4) is 11.5 Å². The van der Waals surface area contributed by atoms with Crippen molar-refractivity contribution in [2.24, 2.45) is 10.8 Å². The number of urea groups is 1. The van der Waals surface area contributed by atoms with Gasteiger partial charge in [-0.2, -0.15) is 5.10 Å². The number of primary amides is 1. The third-order valence-electron chi connectivity index (χ3n) is 1.75. The smallest absolute Gasteiger partial charge is 0.332 e. The summed E-state index contributed by atoms with van der Waals surface area (Å²) < 4.78 is 5.40. The highest BCUT2D eigenvalue weighted by Gasteiger charge is 2.03. The van der Waals surface area contributed by atoms with Crippen LogP contribution in [0.3, 0.4) is 0 Å². The molecule has 1 aromatic carbocycles. The Kier molecular flexibility index (Phi) is 4.33. The molecule has 0 aliphatic carbocycles. The van der Waals surface area contributed by atoms with E-state index in [0.717, 1.165) is 0 Å². The number of aromatic hydroxyl groups is 1. The number of carbonyl (C=O) groups is 1. The Morgan fingerprint density at radius 3 is 2.82 bits per heavy atom. The van der Waals surface area contributed by atoms with Gasteiger partial charge in [0.25, 0.3) is 0 Å². The van der Waals surface area contributed by atoms with E-state index < -0.39 is 6.03 Å². The lowest BCUT2D eigenvalue weighted by Crippen LogP contribution is -2.24. The Bertz CT molecular complexity index is 430. The van der Waals surface area contributed by atoms with Gasteiger partial charge in [0, 0.05) is 11.6 Å². The summed E-state index contributed by atoms with van der Waals surface area (Å²) in [7, 11) is 0. The summed E-state index contributed by atoms with van der Waals surface area (Å²) in [5.41, 5.74) is 7.31. The molecule has 0 bridgehead atoms. The molecule has 0 aliphatic heterocycles. The van der Waals surface area contributed by atoms with Gasteiger partial charge in [-0.3, -0.25) is 0 Å². The quantitative estimate of drug-likeness (QED) is 0.541. The molecule has 17 heavy (non-hydrogen) atoms. The van der Waals surface area contributed by atoms with Crippen LogP contribution in [0.25, 0.3) is 0 Å². The van der Waals surface area contributed by atoms with Gasteiger partial charge in [-0.25, -0.2) is 10.2 Å². The third-order valence-corrected chi connectivity index (χ3v) is 1.75. The number of hydrazone groups is 1. The van der Waals surface area contributed by atoms with Gasteiger partial charge in [-0.05, 0) is 26.0 Å². The van der Waals surface area contributed by atoms with E-state index in [-0.39, 0.29) is 11.9 Å². The van der Waals surface area contributed by atoms with Crippen molar-refractivity contribution in [2.45, 2.75) is 20.0 Å². The van der Waals surface area contributed by atoms with Crippen molar-refractivity contribution in [3.05, 3.63) is 23.8 Å². The van der Waals surface area contributed by atoms with Gasteiger partial charge in [0.05, 0.1) is 12.3 Å². The molecule has 0 fully saturated rings. The first kappa shape index (κ1) is 12.8. The Balaban J connectivity index is 2.75. The summed E-state index contributed by atoms with van der Waals surface area (Å²) in [6.07, 6.45) is 1.32. The fourth-order valence-electron chi connectivity index (χ4n) is 1.14. The Morgan fingerprint density at radius 2 is 2.29 bits per heavy atom. The van der Waals surface area contributed by atoms with Crippen LogP contribution in [-0.2, 0) is 0 Å². The van der Waals surface area contributed by atoms with E-state index in [1.807, 2.05) is 19.3 Å². The lowest BCUT2D eigenvalue weighted by Gasteiger charge is -2.10. The zero-order valence-corrected chi connectivity index (χ0v) is 9.68. The second kappa shape index (κ2) is 5.74. The molecule has 0 radical (unpaired) electrons. The molecule has 0 aliphatic rings. The summed E-state index contributed by atoms with van der Waals surface area (Å²) in [4.78, 5) is 10.4. The average molecular weight is 237 g/mol. The molecule has 4 N–H and O–H groups in total. The van der Waals surface area contributed by atoms with Crippen LogP contribution in [0.1, 0.15) is 19.4 Å². The molecule has 1 rings (SSSR count). The van der Waals surface area contributed by atoms with Crippen LogP contribution >= 0.6 is 0 Å². The summed E-state index contributed by atoms with van der Waals surface area (Å²) in [6, 6.07) is 4.04. The van der Waals surface area contributed by atoms with Crippen molar-refractivity contribution < 1.29 is 14.6 Å². The topological polar surface area (TPSA) is 96.9 Å². The standard InChI is InChI=1S/C11H15N3O3/c1-7(2)17-9-4-3-8(10(15)5-9)6-13-14-11(12)16/h3-7,15H,1-2H3,(H3,12,14,16). The number of rotatable bonds is 4. The van der Waals surface area contributed by atoms with Crippen molar-refractivity contribution in [1.82, 2.24) is 5.43 Å². The molecule has 0 heterocycles. The minimum atomic E-state index is -0.763. The minimum absolute atomic E-state index is 0.0122. The fraction of sp³-hybridized carbons (Fsp3) is 0.273. The predicted octanol–water partition coefficient (Wildman–Crippen LogP) is 1.18. The van der Waals surface area contributed by atoms with Gasteiger partial charge in [-0.1, -0.05) is 0 Å². The SMILES string of the molecule is CC(C)Oc1ccc(C=NNC(N)=O)c(O)c1. The van der Waals surface area contributed by atoms with Gasteiger partial charge in [-0.15, -0.1) is 0 Å². The maximum absolute atomic E-state index is 10.4. The zero-order valence-electron chi connectivity index (χ0n) is 9.68. The lowest BCUT2D eigenvalue weighted by molar-refractivity contribution is 0.241. The number of benzene rings is 1. The molecule has 2 amide bonds. The highest BCUT2D eigenvalue weighted by molar-refractivity contribution is 5.84. The molecule has 0 aromatic heterocycles. The molecule has 6 heteroatoms. The summed E-state index contributed by atoms with van der Waals surface area (Å²) in [6.45, 7) is 3.78. The zero-order chi connectivity index (χ0) is 12.8. The van der Waals surface area contributed by atoms with Crippen molar-refractivity contribution in [3.63, 3.8) is 0 Å². The summed E-state index contributed by atoms with van der Waals surface area (Å²) in [5, 5.41) is 13.2. The number of carbonyl (C=O) groups excluding carboxylic acids is 1. The van der Waals surface area contributed by atoms with E-state index in [4.69, 9.17) is 10.5 Å². The first-order valence-corrected chi connectivity index (χ1v) is 5.07. The number of hydrogen-bond donors (Lipinski definition) is 3. The molecule has 0 saturated heterocycles. The van der Waals surface area contributed by atoms with E-state index in [1.54, 1.807) is 12.1 Å². The first-order chi connectivity index (χ1) is 7.99. The number of phenolic OH excluding ortho intramolecular Hbond substituents is 1. The van der Waals surface area contributed by atoms with Crippen LogP contribution in [0.5, 0.6) is 11.5 Å². The Labute approximate surface area is 99.1 Å². The molecule has 0 atom stereocenters. The normalized spacial score (nSPS) is 10.8. The number of nitrogens with two attached hydrogens (primary N) is 1. The summed E-state index contributed by atoms with van der Waals surface area (Å²) in [5.74, 6) is 0.579. The molecule has 1 aromatic rings. The molecule has 0 saturated carbocycles. The van der Waals surface area contributed by atoms with E-state index >= 15 is 0 Å². The van der Waals surface area contributed by atoms with Gasteiger partial charge in [0.15, 0.2) is 0 Å². The predicted molar refractivity (Wildman–Crippen MR) is 64.2 cm³/mol. The van der Waals surface area contributed by atoms with Crippen LogP contribution in [0.2, 0.25) is 0 Å². The van der Waals surface area contributed by atoms with Crippen molar-refractivity contribution >= 4 is 12.2 Å². The van der Waals surface area contributed by atoms with Crippen molar-refractivity contribution in [2.75, 3.05) is 0 Å². The third kappa shape index (κ3) is 4.42. The monoisotopic (exact) mass is 237 g/mol. The molecule has 0 spiro atoms. The van der Waals surface area contributed by atoms with E-state index in [1.165, 1.54) is 12.3 Å². The van der Waals surface area contributed by atoms with Gasteiger partial charge in [0.1, 0.15) is 11.5 Å². The average Bonchev–Trinajstić information content (AvgIpc) is 2.20. The van der Waals surface area contributed by atoms with E-state index in [0.29, 0.717) is 11.3 Å². The summed E-state index contributed by atoms with van der Waals surface area (Å²) >= 11 is 0. The van der Waals surface area contributed by atoms with E-state index in [9.17, 15) is 9.90 Å². The molecular formula is C11H15N3O3. The maximum atomic E-state index is 10.4. The number of phenols is 1. The lowest BCUT2D eigenvalue weighted by atomic mass is 10.2. The highest BCUT2D eigenvalue weighted by Crippen LogP contribution is 2.22. The number of nitrogens with one attached hydrogen (secondary N) is 1. The molecule has 92 valence electrons. The molecule has 0 unspecified atom stereocenters. The number of ether oxygens (including phenoxy) is 1. The van der Waals surface area contributed by atoms with Crippen LogP contribution in [0, 0.1) is 0 Å². The molecule has 6 nitrogen and oxygen atoms in total. The van der Waals surface area contributed by atoms with E-state index in [2.05, 4.69) is 5.10 Å². The second-order valence-electron chi connectivity index (χ2n) is 3.62. The van der Waals surface area contributed by atoms with Crippen LogP contribution in [-0.4, -0.2) is 23.5 Å². The number of nitrogens with zero attached hydrogens (tertiary/aromatic N) is 1. The van der Waals surface area contributed by atoms with Gasteiger partial charge in [0.2, 0.25) is 0 Å². The Morgan fingerprint density at radius 1 is 1.59 bits per heavy atom. The van der Waals surface area contributed by atoms with Gasteiger partial charge >= 0.3 is 6.03 Å². The maximum Gasteiger partial charge on any atom is 0.332 e. The Hall–Kier alpha value is -2.24.